The lowest BCUT2D eigenvalue weighted by molar-refractivity contribution is 0.544. The number of unbranched alkanes of at least 4 members (excludes halogenated alkanes) is 36. The molecule has 0 amide bonds. The van der Waals surface area contributed by atoms with Crippen LogP contribution in [0.2, 0.25) is 0 Å². The predicted molar refractivity (Wildman–Crippen MR) is 301 cm³/mol. The highest BCUT2D eigenvalue weighted by molar-refractivity contribution is 7.48. The van der Waals surface area contributed by atoms with Gasteiger partial charge in [-0.3, -0.25) is 0 Å². The molecule has 2 heteroatoms. The number of hydrogen-bond donors (Lipinski definition) is 1. The topological polar surface area (TPSA) is 12.0 Å². The predicted octanol–water partition coefficient (Wildman–Crippen LogP) is 21.7. The second-order valence-corrected chi connectivity index (χ2v) is 22.4. The minimum atomic E-state index is 0.496. The van der Waals surface area contributed by atoms with E-state index in [1.54, 1.807) is 27.6 Å². The Hall–Kier alpha value is -1.33. The molecule has 1 N–H and O–H groups in total. The van der Waals surface area contributed by atoms with Crippen LogP contribution in [0.4, 0.5) is 5.69 Å². The molecule has 0 bridgehead atoms. The van der Waals surface area contributed by atoms with Crippen LogP contribution in [0.1, 0.15) is 320 Å². The molecule has 0 saturated heterocycles. The number of benzene rings is 2. The van der Waals surface area contributed by atoms with Gasteiger partial charge in [0.05, 0.1) is 0 Å². The number of aryl methyl sites for hydroxylation is 4. The molecule has 2 atom stereocenters. The maximum atomic E-state index is 4.37. The molecule has 2 aromatic rings. The fourth-order valence-electron chi connectivity index (χ4n) is 10.3. The van der Waals surface area contributed by atoms with Gasteiger partial charge in [-0.25, -0.2) is 0 Å². The molecule has 376 valence electrons. The van der Waals surface area contributed by atoms with Gasteiger partial charge in [0.2, 0.25) is 0 Å². The summed E-state index contributed by atoms with van der Waals surface area (Å²) in [6, 6.07) is 14.8. The van der Waals surface area contributed by atoms with Crippen molar-refractivity contribution in [1.29, 1.82) is 0 Å². The summed E-state index contributed by atoms with van der Waals surface area (Å²) in [6.45, 7) is 11.8. The zero-order valence-corrected chi connectivity index (χ0v) is 45.9. The maximum Gasteiger partial charge on any atom is 0.0470 e. The number of hydrogen-bond acceptors (Lipinski definition) is 1. The van der Waals surface area contributed by atoms with Gasteiger partial charge in [0.25, 0.3) is 0 Å². The zero-order valence-electron chi connectivity index (χ0n) is 44.9. The highest BCUT2D eigenvalue weighted by Gasteiger charge is 2.18. The molecule has 2 rings (SSSR count). The highest BCUT2D eigenvalue weighted by Crippen LogP contribution is 2.33. The van der Waals surface area contributed by atoms with Crippen molar-refractivity contribution in [3.63, 3.8) is 0 Å². The van der Waals surface area contributed by atoms with E-state index in [0.717, 1.165) is 8.58 Å². The molecule has 0 spiro atoms. The van der Waals surface area contributed by atoms with Gasteiger partial charge in [-0.2, -0.15) is 0 Å². The first-order valence-electron chi connectivity index (χ1n) is 29.9. The van der Waals surface area contributed by atoms with Gasteiger partial charge >= 0.3 is 0 Å². The van der Waals surface area contributed by atoms with Crippen LogP contribution in [0.15, 0.2) is 36.4 Å². The van der Waals surface area contributed by atoms with E-state index in [4.69, 9.17) is 0 Å². The Morgan fingerprint density at radius 1 is 0.308 bits per heavy atom. The molecule has 0 aliphatic heterocycles. The van der Waals surface area contributed by atoms with Crippen LogP contribution >= 0.6 is 8.58 Å². The second kappa shape index (κ2) is 45.1. The number of rotatable bonds is 49. The van der Waals surface area contributed by atoms with E-state index in [0.29, 0.717) is 5.78 Å². The molecule has 2 aromatic carbocycles. The van der Waals surface area contributed by atoms with Gasteiger partial charge in [-0.05, 0) is 85.3 Å². The highest BCUT2D eigenvalue weighted by atomic mass is 31.1. The average molecular weight is 917 g/mol. The Balaban J connectivity index is 2.12. The summed E-state index contributed by atoms with van der Waals surface area (Å²) in [5.74, 6) is 0.496. The van der Waals surface area contributed by atoms with E-state index in [9.17, 15) is 0 Å². The van der Waals surface area contributed by atoms with Crippen LogP contribution in [0.3, 0.4) is 0 Å². The molecule has 0 aromatic heterocycles. The van der Waals surface area contributed by atoms with Crippen molar-refractivity contribution in [3.8, 4) is 0 Å². The van der Waals surface area contributed by atoms with Crippen molar-refractivity contribution in [1.82, 2.24) is 0 Å². The summed E-state index contributed by atoms with van der Waals surface area (Å²) in [7, 11) is 0.827. The lowest BCUT2D eigenvalue weighted by Crippen LogP contribution is -2.22. The lowest BCUT2D eigenvalue weighted by atomic mass is 9.97. The molecule has 65 heavy (non-hydrogen) atoms. The van der Waals surface area contributed by atoms with Crippen LogP contribution in [-0.4, -0.2) is 5.78 Å². The van der Waals surface area contributed by atoms with Gasteiger partial charge in [0.1, 0.15) is 0 Å². The Morgan fingerprint density at radius 3 is 0.800 bits per heavy atom. The van der Waals surface area contributed by atoms with Crippen molar-refractivity contribution in [2.24, 2.45) is 0 Å². The van der Waals surface area contributed by atoms with E-state index < -0.39 is 0 Å². The standard InChI is InChI=1S/C63H114NP/c1-6-11-15-19-23-27-29-31-33-37-40-44-50-58-54-47-53-57(49-43-39-35-25-21-17-13-8-3)62(58)64-61(10-5)65-63-59(51-45-41-36-26-22-18-14-9-4)55-48-56-60(63)52-46-42-38-34-32-30-28-24-20-16-12-7-2/h47-48,53-56,61,64-65H,6-46,49-52H2,1-5H3. The third-order valence-corrected chi connectivity index (χ3v) is 16.6. The summed E-state index contributed by atoms with van der Waals surface area (Å²) in [5.41, 5.74) is 8.08. The molecule has 0 saturated carbocycles. The summed E-state index contributed by atoms with van der Waals surface area (Å²) >= 11 is 0. The normalized spacial score (nSPS) is 12.3. The number of nitrogens with one attached hydrogen (secondary N) is 1. The first kappa shape index (κ1) is 59.8. The number of anilines is 1. The quantitative estimate of drug-likeness (QED) is 0.0515. The molecule has 1 nitrogen and oxygen atoms in total. The van der Waals surface area contributed by atoms with Crippen LogP contribution in [0.5, 0.6) is 0 Å². The van der Waals surface area contributed by atoms with Crippen molar-refractivity contribution in [3.05, 3.63) is 58.7 Å². The second-order valence-electron chi connectivity index (χ2n) is 20.9. The van der Waals surface area contributed by atoms with Crippen molar-refractivity contribution < 1.29 is 0 Å². The zero-order chi connectivity index (χ0) is 46.5. The molecule has 0 heterocycles. The SMILES string of the molecule is CCCCCCCCCCCCCCc1cccc(CCCCCCCCCC)c1NC(CC)Pc1c(CCCCCCCCCC)cccc1CCCCCCCCCCCCCC. The monoisotopic (exact) mass is 916 g/mol. The Morgan fingerprint density at radius 2 is 0.538 bits per heavy atom. The molecule has 0 radical (unpaired) electrons. The largest absolute Gasteiger partial charge is 0.378 e. The van der Waals surface area contributed by atoms with E-state index in [-0.39, 0.29) is 0 Å². The van der Waals surface area contributed by atoms with Gasteiger partial charge < -0.3 is 5.32 Å². The third kappa shape index (κ3) is 32.2. The first-order chi connectivity index (χ1) is 32.2. The van der Waals surface area contributed by atoms with Crippen LogP contribution in [0.25, 0.3) is 0 Å². The van der Waals surface area contributed by atoms with Crippen LogP contribution < -0.4 is 10.6 Å². The molecule has 0 aliphatic carbocycles. The van der Waals surface area contributed by atoms with Crippen molar-refractivity contribution in [2.75, 3.05) is 5.32 Å². The molecular formula is C63H114NP. The Kier molecular flexibility index (Phi) is 41.5. The van der Waals surface area contributed by atoms with Crippen LogP contribution in [0, 0.1) is 0 Å². The Bertz CT molecular complexity index is 1200. The van der Waals surface area contributed by atoms with Crippen molar-refractivity contribution >= 4 is 19.6 Å². The van der Waals surface area contributed by atoms with Gasteiger partial charge in [-0.15, -0.1) is 0 Å². The van der Waals surface area contributed by atoms with Gasteiger partial charge in [0, 0.05) is 11.5 Å². The molecule has 0 fully saturated rings. The number of para-hydroxylation sites is 1. The molecular weight excluding hydrogens is 802 g/mol. The van der Waals surface area contributed by atoms with Gasteiger partial charge in [-0.1, -0.05) is 311 Å². The lowest BCUT2D eigenvalue weighted by Gasteiger charge is -2.26. The third-order valence-electron chi connectivity index (χ3n) is 14.7. The minimum absolute atomic E-state index is 0.496. The summed E-state index contributed by atoms with van der Waals surface area (Å²) in [4.78, 5) is 0. The maximum absolute atomic E-state index is 4.37. The summed E-state index contributed by atoms with van der Waals surface area (Å²) < 4.78 is 0. The van der Waals surface area contributed by atoms with E-state index in [1.807, 2.05) is 0 Å². The fourth-order valence-corrected chi connectivity index (χ4v) is 11.9. The first-order valence-corrected chi connectivity index (χ1v) is 31.0. The van der Waals surface area contributed by atoms with E-state index >= 15 is 0 Å². The summed E-state index contributed by atoms with van der Waals surface area (Å²) in [6.07, 6.45) is 62.6. The van der Waals surface area contributed by atoms with E-state index in [2.05, 4.69) is 76.3 Å². The smallest absolute Gasteiger partial charge is 0.0470 e. The fraction of sp³-hybridized carbons (Fsp3) is 0.810. The molecule has 0 aliphatic rings. The van der Waals surface area contributed by atoms with Crippen LogP contribution in [-0.2, 0) is 25.7 Å². The van der Waals surface area contributed by atoms with Gasteiger partial charge in [0.15, 0.2) is 0 Å². The molecule has 2 unspecified atom stereocenters. The average Bonchev–Trinajstić information content (AvgIpc) is 3.32. The van der Waals surface area contributed by atoms with E-state index in [1.165, 1.54) is 295 Å². The van der Waals surface area contributed by atoms with Crippen molar-refractivity contribution in [2.45, 2.75) is 329 Å². The Labute approximate surface area is 411 Å². The minimum Gasteiger partial charge on any atom is -0.378 e. The summed E-state index contributed by atoms with van der Waals surface area (Å²) in [5, 5.41) is 6.10.